The third-order valence-corrected chi connectivity index (χ3v) is 5.00. The number of allylic oxidation sites excluding steroid dienone is 1. The van der Waals surface area contributed by atoms with Crippen LogP contribution in [0.3, 0.4) is 0 Å². The van der Waals surface area contributed by atoms with Crippen LogP contribution < -0.4 is 9.47 Å². The number of halogens is 1. The Balaban J connectivity index is 1.52. The molecule has 0 aliphatic carbocycles. The summed E-state index contributed by atoms with van der Waals surface area (Å²) < 4.78 is 11.5. The van der Waals surface area contributed by atoms with Crippen LogP contribution in [0.1, 0.15) is 20.8 Å². The van der Waals surface area contributed by atoms with E-state index in [1.54, 1.807) is 35.6 Å². The molecule has 0 bridgehead atoms. The van der Waals surface area contributed by atoms with Gasteiger partial charge in [-0.2, -0.15) is 0 Å². The number of Topliss-reactive ketones (excluding diaryl/α,β-unsaturated/α-hetero) is 1. The summed E-state index contributed by atoms with van der Waals surface area (Å²) in [5, 5.41) is 2.62. The zero-order valence-electron chi connectivity index (χ0n) is 13.1. The number of carbonyl (C=O) groups is 1. The highest BCUT2D eigenvalue weighted by molar-refractivity contribution is 7.10. The van der Waals surface area contributed by atoms with Crippen molar-refractivity contribution in [3.8, 4) is 11.5 Å². The molecule has 4 rings (SSSR count). The van der Waals surface area contributed by atoms with Crippen molar-refractivity contribution in [2.24, 2.45) is 0 Å². The van der Waals surface area contributed by atoms with Gasteiger partial charge in [0.25, 0.3) is 0 Å². The average molecular weight is 369 g/mol. The first-order chi connectivity index (χ1) is 12.2. The lowest BCUT2D eigenvalue weighted by atomic mass is 10.1. The van der Waals surface area contributed by atoms with E-state index in [4.69, 9.17) is 21.1 Å². The molecular formula is C20H13ClO3S. The van der Waals surface area contributed by atoms with Crippen LogP contribution in [-0.4, -0.2) is 5.78 Å². The predicted molar refractivity (Wildman–Crippen MR) is 99.5 cm³/mol. The minimum absolute atomic E-state index is 0.110. The highest BCUT2D eigenvalue weighted by atomic mass is 35.5. The largest absolute Gasteiger partial charge is 0.489 e. The average Bonchev–Trinajstić information content (AvgIpc) is 3.23. The summed E-state index contributed by atoms with van der Waals surface area (Å²) in [5.74, 6) is 1.37. The molecule has 0 spiro atoms. The molecule has 124 valence electrons. The number of fused-ring (bicyclic) bond motifs is 1. The predicted octanol–water partition coefficient (Wildman–Crippen LogP) is 5.60. The first-order valence-electron chi connectivity index (χ1n) is 7.69. The molecule has 5 heteroatoms. The van der Waals surface area contributed by atoms with Gasteiger partial charge in [-0.05, 0) is 29.6 Å². The Labute approximate surface area is 154 Å². The molecule has 0 unspecified atom stereocenters. The fourth-order valence-corrected chi connectivity index (χ4v) is 3.37. The van der Waals surface area contributed by atoms with Gasteiger partial charge in [0.2, 0.25) is 5.78 Å². The van der Waals surface area contributed by atoms with Crippen LogP contribution in [-0.2, 0) is 6.61 Å². The molecule has 25 heavy (non-hydrogen) atoms. The summed E-state index contributed by atoms with van der Waals surface area (Å²) in [4.78, 5) is 13.4. The molecule has 1 aliphatic rings. The van der Waals surface area contributed by atoms with Gasteiger partial charge in [0.1, 0.15) is 18.1 Å². The molecule has 0 atom stereocenters. The Morgan fingerprint density at radius 3 is 2.80 bits per heavy atom. The SMILES string of the molecule is O=C1/C(=C/c2cccs2)Oc2cc(OCc3ccccc3Cl)ccc21. The van der Waals surface area contributed by atoms with E-state index in [0.717, 1.165) is 10.4 Å². The standard InChI is InChI=1S/C20H13ClO3S/c21-17-6-2-1-4-13(17)12-23-14-7-8-16-18(10-14)24-19(20(16)22)11-15-5-3-9-25-15/h1-11H,12H2/b19-11-. The Morgan fingerprint density at radius 2 is 2.00 bits per heavy atom. The molecule has 1 aliphatic heterocycles. The molecule has 0 fully saturated rings. The number of ketones is 1. The lowest BCUT2D eigenvalue weighted by Gasteiger charge is -2.08. The minimum Gasteiger partial charge on any atom is -0.489 e. The van der Waals surface area contributed by atoms with Crippen molar-refractivity contribution < 1.29 is 14.3 Å². The first-order valence-corrected chi connectivity index (χ1v) is 8.94. The number of hydrogen-bond acceptors (Lipinski definition) is 4. The van der Waals surface area contributed by atoms with E-state index < -0.39 is 0 Å². The molecule has 2 aromatic carbocycles. The topological polar surface area (TPSA) is 35.5 Å². The van der Waals surface area contributed by atoms with E-state index in [9.17, 15) is 4.79 Å². The van der Waals surface area contributed by atoms with Gasteiger partial charge in [-0.25, -0.2) is 0 Å². The Bertz CT molecular complexity index is 961. The number of hydrogen-bond donors (Lipinski definition) is 0. The van der Waals surface area contributed by atoms with Crippen LogP contribution >= 0.6 is 22.9 Å². The van der Waals surface area contributed by atoms with Gasteiger partial charge in [0.15, 0.2) is 5.76 Å². The number of benzene rings is 2. The fraction of sp³-hybridized carbons (Fsp3) is 0.0500. The monoisotopic (exact) mass is 368 g/mol. The maximum Gasteiger partial charge on any atom is 0.232 e. The van der Waals surface area contributed by atoms with Crippen molar-refractivity contribution in [2.45, 2.75) is 6.61 Å². The van der Waals surface area contributed by atoms with Crippen molar-refractivity contribution in [1.29, 1.82) is 0 Å². The smallest absolute Gasteiger partial charge is 0.232 e. The molecule has 0 amide bonds. The quantitative estimate of drug-likeness (QED) is 0.562. The Hall–Kier alpha value is -2.56. The minimum atomic E-state index is -0.110. The van der Waals surface area contributed by atoms with Crippen LogP contribution in [0.2, 0.25) is 5.02 Å². The van der Waals surface area contributed by atoms with E-state index in [2.05, 4.69) is 0 Å². The van der Waals surface area contributed by atoms with Gasteiger partial charge in [-0.3, -0.25) is 4.79 Å². The number of carbonyl (C=O) groups excluding carboxylic acids is 1. The lowest BCUT2D eigenvalue weighted by molar-refractivity contribution is 0.101. The summed E-state index contributed by atoms with van der Waals surface area (Å²) in [6.07, 6.45) is 1.76. The van der Waals surface area contributed by atoms with Crippen molar-refractivity contribution in [3.63, 3.8) is 0 Å². The van der Waals surface area contributed by atoms with Gasteiger partial charge in [-0.15, -0.1) is 11.3 Å². The third-order valence-electron chi connectivity index (χ3n) is 3.81. The first kappa shape index (κ1) is 15.9. The normalized spacial score (nSPS) is 14.4. The van der Waals surface area contributed by atoms with E-state index in [-0.39, 0.29) is 5.78 Å². The maximum absolute atomic E-state index is 12.4. The number of ether oxygens (including phenoxy) is 2. The molecule has 1 aromatic heterocycles. The van der Waals surface area contributed by atoms with Gasteiger partial charge >= 0.3 is 0 Å². The van der Waals surface area contributed by atoms with Crippen LogP contribution in [0, 0.1) is 0 Å². The van der Waals surface area contributed by atoms with Gasteiger partial charge in [0.05, 0.1) is 5.56 Å². The van der Waals surface area contributed by atoms with E-state index >= 15 is 0 Å². The molecule has 0 saturated carbocycles. The van der Waals surface area contributed by atoms with Crippen LogP contribution in [0.15, 0.2) is 65.7 Å². The highest BCUT2D eigenvalue weighted by Gasteiger charge is 2.27. The van der Waals surface area contributed by atoms with Gasteiger partial charge < -0.3 is 9.47 Å². The summed E-state index contributed by atoms with van der Waals surface area (Å²) in [7, 11) is 0. The van der Waals surface area contributed by atoms with Crippen LogP contribution in [0.4, 0.5) is 0 Å². The fourth-order valence-electron chi connectivity index (χ4n) is 2.54. The zero-order chi connectivity index (χ0) is 17.2. The second-order valence-corrected chi connectivity index (χ2v) is 6.88. The lowest BCUT2D eigenvalue weighted by Crippen LogP contribution is -1.97. The van der Waals surface area contributed by atoms with Crippen LogP contribution in [0.5, 0.6) is 11.5 Å². The van der Waals surface area contributed by atoms with E-state index in [1.807, 2.05) is 41.8 Å². The maximum atomic E-state index is 12.4. The van der Waals surface area contributed by atoms with Crippen molar-refractivity contribution in [1.82, 2.24) is 0 Å². The molecule has 0 radical (unpaired) electrons. The zero-order valence-corrected chi connectivity index (χ0v) is 14.6. The molecule has 0 saturated heterocycles. The second-order valence-electron chi connectivity index (χ2n) is 5.49. The molecule has 3 nitrogen and oxygen atoms in total. The van der Waals surface area contributed by atoms with Crippen molar-refractivity contribution in [2.75, 3.05) is 0 Å². The van der Waals surface area contributed by atoms with Crippen molar-refractivity contribution >= 4 is 34.8 Å². The molecule has 2 heterocycles. The molecule has 0 N–H and O–H groups in total. The van der Waals surface area contributed by atoms with E-state index in [1.165, 1.54) is 0 Å². The van der Waals surface area contributed by atoms with Crippen molar-refractivity contribution in [3.05, 3.63) is 86.8 Å². The summed E-state index contributed by atoms with van der Waals surface area (Å²) in [6, 6.07) is 16.6. The number of rotatable bonds is 4. The third kappa shape index (κ3) is 3.31. The van der Waals surface area contributed by atoms with Gasteiger partial charge in [0, 0.05) is 27.6 Å². The molecular weight excluding hydrogens is 356 g/mol. The van der Waals surface area contributed by atoms with Crippen LogP contribution in [0.25, 0.3) is 6.08 Å². The summed E-state index contributed by atoms with van der Waals surface area (Å²) in [6.45, 7) is 0.351. The molecule has 3 aromatic rings. The number of thiophene rings is 1. The summed E-state index contributed by atoms with van der Waals surface area (Å²) in [5.41, 5.74) is 1.45. The Kier molecular flexibility index (Phi) is 4.30. The Morgan fingerprint density at radius 1 is 1.12 bits per heavy atom. The second kappa shape index (κ2) is 6.75. The van der Waals surface area contributed by atoms with E-state index in [0.29, 0.717) is 34.5 Å². The highest BCUT2D eigenvalue weighted by Crippen LogP contribution is 2.35. The summed E-state index contributed by atoms with van der Waals surface area (Å²) >= 11 is 7.69. The van der Waals surface area contributed by atoms with Gasteiger partial charge in [-0.1, -0.05) is 35.9 Å².